The number of nitrogens with zero attached hydrogens (tertiary/aromatic N) is 1. The van der Waals surface area contributed by atoms with Crippen LogP contribution in [0.4, 0.5) is 11.4 Å². The molecule has 3 aromatic rings. The molecule has 7 nitrogen and oxygen atoms in total. The Morgan fingerprint density at radius 1 is 0.879 bits per heavy atom. The molecule has 1 N–H and O–H groups in total. The maximum absolute atomic E-state index is 13.6. The lowest BCUT2D eigenvalue weighted by Crippen LogP contribution is -2.38. The molecular formula is C25H28N2O5S. The third-order valence-electron chi connectivity index (χ3n) is 5.20. The van der Waals surface area contributed by atoms with E-state index >= 15 is 0 Å². The van der Waals surface area contributed by atoms with Crippen LogP contribution in [-0.2, 0) is 14.8 Å². The van der Waals surface area contributed by atoms with Crippen molar-refractivity contribution in [2.45, 2.75) is 25.7 Å². The molecule has 0 bridgehead atoms. The van der Waals surface area contributed by atoms with Crippen LogP contribution in [0.2, 0.25) is 0 Å². The number of ether oxygens (including phenoxy) is 2. The summed E-state index contributed by atoms with van der Waals surface area (Å²) >= 11 is 0. The minimum atomic E-state index is -4.01. The highest BCUT2D eigenvalue weighted by Gasteiger charge is 2.28. The summed E-state index contributed by atoms with van der Waals surface area (Å²) in [6.45, 7) is 5.22. The van der Waals surface area contributed by atoms with Gasteiger partial charge in [-0.15, -0.1) is 0 Å². The Morgan fingerprint density at radius 2 is 1.55 bits per heavy atom. The van der Waals surface area contributed by atoms with Crippen molar-refractivity contribution in [3.63, 3.8) is 0 Å². The zero-order valence-corrected chi connectivity index (χ0v) is 20.2. The third-order valence-corrected chi connectivity index (χ3v) is 6.97. The summed E-state index contributed by atoms with van der Waals surface area (Å²) in [7, 11) is -1.00. The van der Waals surface area contributed by atoms with E-state index in [2.05, 4.69) is 5.32 Å². The fourth-order valence-electron chi connectivity index (χ4n) is 3.45. The van der Waals surface area contributed by atoms with Gasteiger partial charge in [-0.25, -0.2) is 8.42 Å². The van der Waals surface area contributed by atoms with Crippen LogP contribution in [0.5, 0.6) is 11.5 Å². The molecule has 0 saturated carbocycles. The second-order valence-electron chi connectivity index (χ2n) is 7.73. The van der Waals surface area contributed by atoms with E-state index in [9.17, 15) is 13.2 Å². The average Bonchev–Trinajstić information content (AvgIpc) is 2.78. The zero-order valence-electron chi connectivity index (χ0n) is 19.4. The summed E-state index contributed by atoms with van der Waals surface area (Å²) in [5.41, 5.74) is 3.51. The van der Waals surface area contributed by atoms with Crippen molar-refractivity contribution < 1.29 is 22.7 Å². The first-order chi connectivity index (χ1) is 15.6. The highest BCUT2D eigenvalue weighted by molar-refractivity contribution is 7.92. The number of amides is 1. The minimum absolute atomic E-state index is 0.111. The van der Waals surface area contributed by atoms with Gasteiger partial charge in [-0.3, -0.25) is 9.10 Å². The lowest BCUT2D eigenvalue weighted by atomic mass is 10.1. The number of hydrogen-bond acceptors (Lipinski definition) is 5. The summed E-state index contributed by atoms with van der Waals surface area (Å²) in [6, 6.07) is 17.0. The highest BCUT2D eigenvalue weighted by Crippen LogP contribution is 2.30. The molecule has 0 aliphatic rings. The zero-order chi connectivity index (χ0) is 24.2. The van der Waals surface area contributed by atoms with Gasteiger partial charge in [-0.1, -0.05) is 35.4 Å². The van der Waals surface area contributed by atoms with E-state index in [1.54, 1.807) is 48.5 Å². The van der Waals surface area contributed by atoms with Crippen LogP contribution < -0.4 is 19.1 Å². The molecule has 0 atom stereocenters. The van der Waals surface area contributed by atoms with Crippen molar-refractivity contribution >= 4 is 27.3 Å². The van der Waals surface area contributed by atoms with Crippen molar-refractivity contribution in [3.05, 3.63) is 77.4 Å². The number of anilines is 2. The Bertz CT molecular complexity index is 1250. The van der Waals surface area contributed by atoms with Gasteiger partial charge in [0.25, 0.3) is 10.0 Å². The molecule has 0 heterocycles. The minimum Gasteiger partial charge on any atom is -0.497 e. The molecule has 3 rings (SSSR count). The van der Waals surface area contributed by atoms with Crippen molar-refractivity contribution in [2.24, 2.45) is 0 Å². The number of carbonyl (C=O) groups is 1. The monoisotopic (exact) mass is 468 g/mol. The normalized spacial score (nSPS) is 11.1. The van der Waals surface area contributed by atoms with Crippen LogP contribution in [0.15, 0.2) is 65.6 Å². The Labute approximate surface area is 195 Å². The Balaban J connectivity index is 2.00. The maximum atomic E-state index is 13.6. The van der Waals surface area contributed by atoms with E-state index in [1.165, 1.54) is 14.2 Å². The van der Waals surface area contributed by atoms with Crippen molar-refractivity contribution in [1.82, 2.24) is 0 Å². The molecule has 174 valence electrons. The van der Waals surface area contributed by atoms with E-state index in [-0.39, 0.29) is 4.90 Å². The lowest BCUT2D eigenvalue weighted by molar-refractivity contribution is -0.114. The second-order valence-corrected chi connectivity index (χ2v) is 9.59. The van der Waals surface area contributed by atoms with E-state index in [0.29, 0.717) is 22.9 Å². The van der Waals surface area contributed by atoms with Crippen molar-refractivity contribution in [1.29, 1.82) is 0 Å². The highest BCUT2D eigenvalue weighted by atomic mass is 32.2. The van der Waals surface area contributed by atoms with Gasteiger partial charge in [0, 0.05) is 6.07 Å². The van der Waals surface area contributed by atoms with Gasteiger partial charge >= 0.3 is 0 Å². The molecule has 0 radical (unpaired) electrons. The van der Waals surface area contributed by atoms with Crippen LogP contribution in [0.1, 0.15) is 16.7 Å². The predicted octanol–water partition coefficient (Wildman–Crippen LogP) is 4.46. The third kappa shape index (κ3) is 5.46. The summed E-state index contributed by atoms with van der Waals surface area (Å²) in [5, 5.41) is 2.75. The number of rotatable bonds is 8. The van der Waals surface area contributed by atoms with Crippen molar-refractivity contribution in [2.75, 3.05) is 30.4 Å². The van der Waals surface area contributed by atoms with Crippen LogP contribution in [0, 0.1) is 20.8 Å². The predicted molar refractivity (Wildman–Crippen MR) is 130 cm³/mol. The van der Waals surface area contributed by atoms with Gasteiger partial charge in [0.05, 0.1) is 30.5 Å². The quantitative estimate of drug-likeness (QED) is 0.528. The van der Waals surface area contributed by atoms with Gasteiger partial charge in [0.2, 0.25) is 5.91 Å². The van der Waals surface area contributed by atoms with Crippen molar-refractivity contribution in [3.8, 4) is 11.5 Å². The van der Waals surface area contributed by atoms with Crippen LogP contribution >= 0.6 is 0 Å². The number of carbonyl (C=O) groups excluding carboxylic acids is 1. The fraction of sp³-hybridized carbons (Fsp3) is 0.240. The van der Waals surface area contributed by atoms with Gasteiger partial charge in [0.1, 0.15) is 18.0 Å². The molecule has 3 aromatic carbocycles. The largest absolute Gasteiger partial charge is 0.497 e. The summed E-state index contributed by atoms with van der Waals surface area (Å²) in [4.78, 5) is 13.2. The molecule has 33 heavy (non-hydrogen) atoms. The van der Waals surface area contributed by atoms with Gasteiger partial charge in [0.15, 0.2) is 0 Å². The van der Waals surface area contributed by atoms with Crippen LogP contribution in [0.3, 0.4) is 0 Å². The van der Waals surface area contributed by atoms with Gasteiger partial charge < -0.3 is 14.8 Å². The van der Waals surface area contributed by atoms with Crippen LogP contribution in [-0.4, -0.2) is 35.1 Å². The fourth-order valence-corrected chi connectivity index (χ4v) is 4.94. The summed E-state index contributed by atoms with van der Waals surface area (Å²) < 4.78 is 38.9. The summed E-state index contributed by atoms with van der Waals surface area (Å²) in [5.74, 6) is 0.449. The number of sulfonamides is 1. The van der Waals surface area contributed by atoms with Crippen LogP contribution in [0.25, 0.3) is 0 Å². The number of benzene rings is 3. The van der Waals surface area contributed by atoms with E-state index in [0.717, 1.165) is 21.0 Å². The molecule has 0 aliphatic heterocycles. The Kier molecular flexibility index (Phi) is 7.28. The smallest absolute Gasteiger partial charge is 0.264 e. The first-order valence-electron chi connectivity index (χ1n) is 10.3. The molecule has 0 fully saturated rings. The Hall–Kier alpha value is -3.52. The topological polar surface area (TPSA) is 84.9 Å². The number of nitrogens with one attached hydrogen (secondary N) is 1. The van der Waals surface area contributed by atoms with E-state index in [4.69, 9.17) is 9.47 Å². The van der Waals surface area contributed by atoms with Gasteiger partial charge in [-0.05, 0) is 56.7 Å². The van der Waals surface area contributed by atoms with E-state index < -0.39 is 22.5 Å². The molecule has 0 saturated heterocycles. The Morgan fingerprint density at radius 3 is 2.15 bits per heavy atom. The average molecular weight is 469 g/mol. The SMILES string of the molecule is COc1ccc(OC)c(NC(=O)CN(c2ccc(C)cc2C)S(=O)(=O)c2ccc(C)cc2)c1. The number of hydrogen-bond donors (Lipinski definition) is 1. The molecule has 0 spiro atoms. The second kappa shape index (κ2) is 9.95. The lowest BCUT2D eigenvalue weighted by Gasteiger charge is -2.26. The first kappa shape index (κ1) is 24.1. The van der Waals surface area contributed by atoms with Gasteiger partial charge in [-0.2, -0.15) is 0 Å². The first-order valence-corrected chi connectivity index (χ1v) is 11.8. The molecule has 1 amide bonds. The molecule has 0 aliphatic carbocycles. The summed E-state index contributed by atoms with van der Waals surface area (Å²) in [6.07, 6.45) is 0. The molecule has 8 heteroatoms. The van der Waals surface area contributed by atoms with E-state index in [1.807, 2.05) is 32.9 Å². The number of methoxy groups -OCH3 is 2. The maximum Gasteiger partial charge on any atom is 0.264 e. The molecule has 0 aromatic heterocycles. The molecule has 0 unspecified atom stereocenters. The standard InChI is InChI=1S/C25H28N2O5S/c1-17-6-10-21(11-7-17)33(29,30)27(23-12-8-18(2)14-19(23)3)16-25(28)26-22-15-20(31-4)9-13-24(22)32-5/h6-15H,16H2,1-5H3,(H,26,28). The molecular weight excluding hydrogens is 440 g/mol. The number of aryl methyl sites for hydroxylation is 3.